The van der Waals surface area contributed by atoms with Crippen LogP contribution in [0.3, 0.4) is 0 Å². The van der Waals surface area contributed by atoms with Gasteiger partial charge in [0.25, 0.3) is 5.91 Å². The van der Waals surface area contributed by atoms with Gasteiger partial charge in [0, 0.05) is 10.2 Å². The summed E-state index contributed by atoms with van der Waals surface area (Å²) in [4.78, 5) is 12.0. The Morgan fingerprint density at radius 1 is 1.17 bits per heavy atom. The molecule has 0 saturated heterocycles. The van der Waals surface area contributed by atoms with Crippen LogP contribution in [0.25, 0.3) is 0 Å². The lowest BCUT2D eigenvalue weighted by atomic mass is 10.1. The number of amides is 1. The molecule has 0 aliphatic carbocycles. The van der Waals surface area contributed by atoms with E-state index in [4.69, 9.17) is 4.42 Å². The predicted octanol–water partition coefficient (Wildman–Crippen LogP) is 4.67. The Labute approximate surface area is 122 Å². The molecular formula is C13H11Br2NO2. The quantitative estimate of drug-likeness (QED) is 0.831. The van der Waals surface area contributed by atoms with Gasteiger partial charge in [-0.2, -0.15) is 0 Å². The molecule has 0 fully saturated rings. The molecule has 1 aromatic heterocycles. The molecule has 0 aliphatic rings. The first-order chi connectivity index (χ1) is 8.47. The number of carbonyl (C=O) groups excluding carboxylic acids is 1. The number of nitrogens with one attached hydrogen (secondary N) is 1. The van der Waals surface area contributed by atoms with Crippen LogP contribution >= 0.6 is 31.9 Å². The number of anilines is 1. The van der Waals surface area contributed by atoms with Crippen molar-refractivity contribution in [2.24, 2.45) is 0 Å². The van der Waals surface area contributed by atoms with Gasteiger partial charge < -0.3 is 9.73 Å². The van der Waals surface area contributed by atoms with E-state index in [0.717, 1.165) is 21.3 Å². The van der Waals surface area contributed by atoms with Crippen molar-refractivity contribution >= 4 is 43.5 Å². The summed E-state index contributed by atoms with van der Waals surface area (Å²) < 4.78 is 6.75. The summed E-state index contributed by atoms with van der Waals surface area (Å²) in [5.74, 6) is 0.0258. The van der Waals surface area contributed by atoms with Gasteiger partial charge in [-0.15, -0.1) is 0 Å². The van der Waals surface area contributed by atoms with Crippen molar-refractivity contribution in [2.45, 2.75) is 13.8 Å². The minimum absolute atomic E-state index is 0.255. The second-order valence-corrected chi connectivity index (χ2v) is 5.67. The highest BCUT2D eigenvalue weighted by molar-refractivity contribution is 9.10. The van der Waals surface area contributed by atoms with E-state index in [-0.39, 0.29) is 11.7 Å². The molecule has 0 aliphatic heterocycles. The molecule has 18 heavy (non-hydrogen) atoms. The molecule has 2 aromatic rings. The minimum atomic E-state index is -0.255. The third-order valence-electron chi connectivity index (χ3n) is 2.53. The third-order valence-corrected chi connectivity index (χ3v) is 3.42. The molecule has 3 nitrogen and oxygen atoms in total. The monoisotopic (exact) mass is 371 g/mol. The lowest BCUT2D eigenvalue weighted by Gasteiger charge is -2.11. The summed E-state index contributed by atoms with van der Waals surface area (Å²) in [5, 5.41) is 2.86. The third kappa shape index (κ3) is 2.84. The molecule has 0 unspecified atom stereocenters. The van der Waals surface area contributed by atoms with E-state index in [2.05, 4.69) is 37.2 Å². The van der Waals surface area contributed by atoms with Crippen LogP contribution in [0.4, 0.5) is 5.69 Å². The molecule has 0 atom stereocenters. The van der Waals surface area contributed by atoms with Crippen molar-refractivity contribution in [3.05, 3.63) is 50.3 Å². The number of hydrogen-bond donors (Lipinski definition) is 1. The normalized spacial score (nSPS) is 10.4. The fraction of sp³-hybridized carbons (Fsp3) is 0.154. The molecule has 0 radical (unpaired) electrons. The maximum Gasteiger partial charge on any atom is 0.291 e. The number of benzene rings is 1. The van der Waals surface area contributed by atoms with Crippen molar-refractivity contribution in [2.75, 3.05) is 5.32 Å². The van der Waals surface area contributed by atoms with E-state index < -0.39 is 0 Å². The Bertz CT molecular complexity index is 582. The van der Waals surface area contributed by atoms with Gasteiger partial charge in [0.05, 0.1) is 0 Å². The maximum absolute atomic E-state index is 12.0. The largest absolute Gasteiger partial charge is 0.444 e. The predicted molar refractivity (Wildman–Crippen MR) is 78.0 cm³/mol. The maximum atomic E-state index is 12.0. The van der Waals surface area contributed by atoms with Crippen LogP contribution in [-0.2, 0) is 0 Å². The highest BCUT2D eigenvalue weighted by Crippen LogP contribution is 2.26. The van der Waals surface area contributed by atoms with Crippen LogP contribution in [0.2, 0.25) is 0 Å². The molecule has 1 heterocycles. The number of aryl methyl sites for hydroxylation is 2. The Balaban J connectivity index is 2.27. The second kappa shape index (κ2) is 5.28. The van der Waals surface area contributed by atoms with E-state index >= 15 is 0 Å². The topological polar surface area (TPSA) is 42.2 Å². The summed E-state index contributed by atoms with van der Waals surface area (Å²) in [7, 11) is 0. The minimum Gasteiger partial charge on any atom is -0.444 e. The van der Waals surface area contributed by atoms with Crippen molar-refractivity contribution in [3.8, 4) is 0 Å². The fourth-order valence-corrected chi connectivity index (χ4v) is 2.71. The molecule has 1 N–H and O–H groups in total. The van der Waals surface area contributed by atoms with Gasteiger partial charge in [-0.3, -0.25) is 4.79 Å². The smallest absolute Gasteiger partial charge is 0.291 e. The van der Waals surface area contributed by atoms with E-state index in [9.17, 15) is 4.79 Å². The molecule has 2 rings (SSSR count). The van der Waals surface area contributed by atoms with Crippen molar-refractivity contribution in [1.29, 1.82) is 0 Å². The zero-order valence-electron chi connectivity index (χ0n) is 9.88. The van der Waals surface area contributed by atoms with Gasteiger partial charge in [-0.05, 0) is 65.2 Å². The number of carbonyl (C=O) groups is 1. The number of halogens is 2. The fourth-order valence-electron chi connectivity index (χ4n) is 1.72. The summed E-state index contributed by atoms with van der Waals surface area (Å²) in [6, 6.07) is 7.24. The van der Waals surface area contributed by atoms with Gasteiger partial charge in [0.2, 0.25) is 0 Å². The zero-order valence-corrected chi connectivity index (χ0v) is 13.1. The highest BCUT2D eigenvalue weighted by Gasteiger charge is 2.13. The summed E-state index contributed by atoms with van der Waals surface area (Å²) in [6.07, 6.45) is 0. The van der Waals surface area contributed by atoms with Crippen molar-refractivity contribution in [1.82, 2.24) is 0 Å². The van der Waals surface area contributed by atoms with Gasteiger partial charge in [-0.1, -0.05) is 15.9 Å². The molecule has 1 amide bonds. The van der Waals surface area contributed by atoms with Gasteiger partial charge in [-0.25, -0.2) is 0 Å². The van der Waals surface area contributed by atoms with Gasteiger partial charge in [0.1, 0.15) is 0 Å². The van der Waals surface area contributed by atoms with Crippen LogP contribution in [0.15, 0.2) is 37.8 Å². The molecule has 94 valence electrons. The summed E-state index contributed by atoms with van der Waals surface area (Å²) in [6.45, 7) is 3.90. The first-order valence-corrected chi connectivity index (χ1v) is 6.89. The first kappa shape index (κ1) is 13.4. The Morgan fingerprint density at radius 2 is 1.78 bits per heavy atom. The molecule has 0 spiro atoms. The van der Waals surface area contributed by atoms with Crippen LogP contribution in [0, 0.1) is 13.8 Å². The van der Waals surface area contributed by atoms with Crippen LogP contribution in [-0.4, -0.2) is 5.91 Å². The van der Waals surface area contributed by atoms with Gasteiger partial charge >= 0.3 is 0 Å². The van der Waals surface area contributed by atoms with Crippen LogP contribution in [0.1, 0.15) is 21.7 Å². The van der Waals surface area contributed by atoms with Crippen molar-refractivity contribution < 1.29 is 9.21 Å². The van der Waals surface area contributed by atoms with E-state index in [1.165, 1.54) is 0 Å². The summed E-state index contributed by atoms with van der Waals surface area (Å²) in [5.41, 5.74) is 2.82. The lowest BCUT2D eigenvalue weighted by Crippen LogP contribution is -2.13. The standard InChI is InChI=1S/C13H11Br2NO2/c1-7-5-9(14)6-8(2)12(7)16-13(17)10-3-4-11(15)18-10/h3-6H,1-2H3,(H,16,17). The summed E-state index contributed by atoms with van der Waals surface area (Å²) >= 11 is 6.60. The van der Waals surface area contributed by atoms with Crippen LogP contribution < -0.4 is 5.32 Å². The second-order valence-electron chi connectivity index (χ2n) is 3.97. The molecule has 0 saturated carbocycles. The van der Waals surface area contributed by atoms with Gasteiger partial charge in [0.15, 0.2) is 10.4 Å². The molecule has 0 bridgehead atoms. The Hall–Kier alpha value is -1.07. The van der Waals surface area contributed by atoms with E-state index in [0.29, 0.717) is 4.67 Å². The number of rotatable bonds is 2. The highest BCUT2D eigenvalue weighted by atomic mass is 79.9. The number of furan rings is 1. The zero-order chi connectivity index (χ0) is 13.3. The SMILES string of the molecule is Cc1cc(Br)cc(C)c1NC(=O)c1ccc(Br)o1. The lowest BCUT2D eigenvalue weighted by molar-refractivity contribution is 0.0995. The van der Waals surface area contributed by atoms with E-state index in [1.54, 1.807) is 12.1 Å². The van der Waals surface area contributed by atoms with Crippen molar-refractivity contribution in [3.63, 3.8) is 0 Å². The van der Waals surface area contributed by atoms with Crippen LogP contribution in [0.5, 0.6) is 0 Å². The van der Waals surface area contributed by atoms with E-state index in [1.807, 2.05) is 26.0 Å². The molecule has 5 heteroatoms. The first-order valence-electron chi connectivity index (χ1n) is 5.31. The number of hydrogen-bond acceptors (Lipinski definition) is 2. The molecular weight excluding hydrogens is 362 g/mol. The average molecular weight is 373 g/mol. The Morgan fingerprint density at radius 3 is 2.28 bits per heavy atom. The molecule has 1 aromatic carbocycles. The average Bonchev–Trinajstić information content (AvgIpc) is 2.70. The Kier molecular flexibility index (Phi) is 3.92.